The van der Waals surface area contributed by atoms with Crippen molar-refractivity contribution >= 4 is 23.2 Å². The molecule has 0 amide bonds. The fraction of sp³-hybridized carbons (Fsp3) is 0.429. The number of aliphatic hydroxyl groups excluding tert-OH is 1. The Labute approximate surface area is 75.8 Å². The van der Waals surface area contributed by atoms with Crippen LogP contribution in [0.5, 0.6) is 0 Å². The first-order valence-corrected chi connectivity index (χ1v) is 4.66. The van der Waals surface area contributed by atoms with Gasteiger partial charge >= 0.3 is 7.12 Å². The molecule has 1 aromatic rings. The Morgan fingerprint density at radius 3 is 3.00 bits per heavy atom. The van der Waals surface area contributed by atoms with E-state index in [0.29, 0.717) is 13.0 Å². The highest BCUT2D eigenvalue weighted by atomic mass is 32.1. The van der Waals surface area contributed by atoms with Crippen LogP contribution in [0, 0.1) is 0 Å². The molecular weight excluding hydrogens is 175 g/mol. The van der Waals surface area contributed by atoms with Crippen LogP contribution in [0.25, 0.3) is 0 Å². The van der Waals surface area contributed by atoms with Gasteiger partial charge in [0.1, 0.15) is 0 Å². The van der Waals surface area contributed by atoms with Gasteiger partial charge in [-0.1, -0.05) is 12.1 Å². The number of hydrogen-bond donors (Lipinski definition) is 2. The molecule has 12 heavy (non-hydrogen) atoms. The zero-order valence-corrected chi connectivity index (χ0v) is 7.46. The van der Waals surface area contributed by atoms with Crippen LogP contribution in [-0.4, -0.2) is 30.5 Å². The molecule has 0 fully saturated rings. The van der Waals surface area contributed by atoms with E-state index in [9.17, 15) is 5.02 Å². The van der Waals surface area contributed by atoms with Gasteiger partial charge in [0, 0.05) is 18.0 Å². The van der Waals surface area contributed by atoms with Crippen LogP contribution < -0.4 is 4.78 Å². The Morgan fingerprint density at radius 1 is 1.58 bits per heavy atom. The van der Waals surface area contributed by atoms with Crippen LogP contribution in [0.4, 0.5) is 0 Å². The van der Waals surface area contributed by atoms with Gasteiger partial charge in [0.15, 0.2) is 0 Å². The van der Waals surface area contributed by atoms with E-state index >= 15 is 0 Å². The Bertz CT molecular complexity index is 202. The lowest BCUT2D eigenvalue weighted by atomic mass is 9.88. The normalized spacial score (nSPS) is 10.2. The minimum Gasteiger partial charge on any atom is -0.423 e. The highest BCUT2D eigenvalue weighted by Gasteiger charge is 2.16. The first-order valence-electron chi connectivity index (χ1n) is 3.78. The Hall–Kier alpha value is -0.355. The summed E-state index contributed by atoms with van der Waals surface area (Å²) >= 11 is 1.45. The van der Waals surface area contributed by atoms with Gasteiger partial charge < -0.3 is 14.8 Å². The summed E-state index contributed by atoms with van der Waals surface area (Å²) in [5, 5.41) is 19.7. The molecule has 0 saturated carbocycles. The topological polar surface area (TPSA) is 49.7 Å². The fourth-order valence-corrected chi connectivity index (χ4v) is 1.43. The zero-order valence-electron chi connectivity index (χ0n) is 6.64. The molecule has 0 aromatic carbocycles. The van der Waals surface area contributed by atoms with Crippen molar-refractivity contribution < 1.29 is 14.8 Å². The van der Waals surface area contributed by atoms with Gasteiger partial charge in [-0.3, -0.25) is 0 Å². The lowest BCUT2D eigenvalue weighted by Gasteiger charge is -2.04. The predicted octanol–water partition coefficient (Wildman–Crippen LogP) is -0.165. The van der Waals surface area contributed by atoms with E-state index in [1.807, 2.05) is 17.5 Å². The minimum absolute atomic E-state index is 0.0944. The maximum absolute atomic E-state index is 9.34. The van der Waals surface area contributed by atoms with E-state index in [1.54, 1.807) is 0 Å². The molecule has 0 aliphatic rings. The first kappa shape index (κ1) is 9.73. The van der Waals surface area contributed by atoms with Crippen LogP contribution in [0.15, 0.2) is 17.5 Å². The van der Waals surface area contributed by atoms with Gasteiger partial charge in [0.05, 0.1) is 0 Å². The fourth-order valence-electron chi connectivity index (χ4n) is 0.773. The van der Waals surface area contributed by atoms with Crippen molar-refractivity contribution in [1.82, 2.24) is 0 Å². The van der Waals surface area contributed by atoms with E-state index < -0.39 is 7.12 Å². The molecule has 0 bridgehead atoms. The van der Waals surface area contributed by atoms with E-state index in [2.05, 4.69) is 0 Å². The molecule has 3 nitrogen and oxygen atoms in total. The van der Waals surface area contributed by atoms with Crippen molar-refractivity contribution in [3.05, 3.63) is 17.5 Å². The average molecular weight is 186 g/mol. The van der Waals surface area contributed by atoms with Crippen molar-refractivity contribution in [2.75, 3.05) is 13.2 Å². The summed E-state index contributed by atoms with van der Waals surface area (Å²) in [5.74, 6) is 0. The molecule has 1 aromatic heterocycles. The predicted molar refractivity (Wildman–Crippen MR) is 49.6 cm³/mol. The summed E-state index contributed by atoms with van der Waals surface area (Å²) in [6, 6.07) is 3.67. The molecule has 66 valence electrons. The third kappa shape index (κ3) is 2.94. The summed E-state index contributed by atoms with van der Waals surface area (Å²) in [6.45, 7) is 0.479. The van der Waals surface area contributed by atoms with E-state index in [4.69, 9.17) is 9.76 Å². The number of hydrogen-bond acceptors (Lipinski definition) is 4. The number of rotatable bonds is 5. The maximum atomic E-state index is 9.34. The summed E-state index contributed by atoms with van der Waals surface area (Å²) in [5.41, 5.74) is 0. The summed E-state index contributed by atoms with van der Waals surface area (Å²) in [7, 11) is -0.837. The average Bonchev–Trinajstić information content (AvgIpc) is 2.56. The second kappa shape index (κ2) is 5.32. The molecule has 1 rings (SSSR count). The van der Waals surface area contributed by atoms with E-state index in [1.165, 1.54) is 11.3 Å². The van der Waals surface area contributed by atoms with Gasteiger partial charge in [-0.25, -0.2) is 0 Å². The van der Waals surface area contributed by atoms with Gasteiger partial charge in [0.25, 0.3) is 0 Å². The maximum Gasteiger partial charge on any atom is 0.501 e. The van der Waals surface area contributed by atoms with Crippen LogP contribution in [0.2, 0.25) is 0 Å². The van der Waals surface area contributed by atoms with Crippen molar-refractivity contribution in [3.8, 4) is 0 Å². The zero-order chi connectivity index (χ0) is 8.81. The lowest BCUT2D eigenvalue weighted by Crippen LogP contribution is -2.31. The minimum atomic E-state index is -0.837. The molecule has 0 aliphatic carbocycles. The largest absolute Gasteiger partial charge is 0.501 e. The second-order valence-corrected chi connectivity index (χ2v) is 3.30. The number of thiophene rings is 1. The van der Waals surface area contributed by atoms with Crippen molar-refractivity contribution in [3.63, 3.8) is 0 Å². The summed E-state index contributed by atoms with van der Waals surface area (Å²) in [4.78, 5) is 0. The summed E-state index contributed by atoms with van der Waals surface area (Å²) in [6.07, 6.45) is 0.558. The van der Waals surface area contributed by atoms with Crippen molar-refractivity contribution in [2.45, 2.75) is 6.42 Å². The van der Waals surface area contributed by atoms with Gasteiger partial charge in [-0.15, -0.1) is 0 Å². The molecule has 0 spiro atoms. The molecule has 0 saturated heterocycles. The van der Waals surface area contributed by atoms with Gasteiger partial charge in [-0.2, -0.15) is 11.3 Å². The monoisotopic (exact) mass is 186 g/mol. The van der Waals surface area contributed by atoms with Crippen LogP contribution in [0.3, 0.4) is 0 Å². The van der Waals surface area contributed by atoms with Crippen LogP contribution in [0.1, 0.15) is 6.42 Å². The van der Waals surface area contributed by atoms with Crippen LogP contribution in [-0.2, 0) is 4.65 Å². The van der Waals surface area contributed by atoms with Crippen molar-refractivity contribution in [2.24, 2.45) is 0 Å². The van der Waals surface area contributed by atoms with Crippen molar-refractivity contribution in [1.29, 1.82) is 0 Å². The smallest absolute Gasteiger partial charge is 0.423 e. The highest BCUT2D eigenvalue weighted by Crippen LogP contribution is 1.96. The molecular formula is C7H11BO3S. The highest BCUT2D eigenvalue weighted by molar-refractivity contribution is 7.20. The van der Waals surface area contributed by atoms with Gasteiger partial charge in [-0.05, 0) is 11.8 Å². The molecule has 5 heteroatoms. The number of aliphatic hydroxyl groups is 1. The Morgan fingerprint density at radius 2 is 2.42 bits per heavy atom. The standard InChI is InChI=1S/C7H11BO3S/c9-4-2-5-11-8(10)7-3-1-6-12-7/h1,3,6,9-10H,2,4-5H2. The molecule has 0 radical (unpaired) electrons. The quantitative estimate of drug-likeness (QED) is 0.496. The summed E-state index contributed by atoms with van der Waals surface area (Å²) < 4.78 is 5.83. The SMILES string of the molecule is OCCCOB(O)c1cccs1. The third-order valence-corrected chi connectivity index (χ3v) is 2.27. The van der Waals surface area contributed by atoms with E-state index in [0.717, 1.165) is 4.78 Å². The first-order chi connectivity index (χ1) is 5.84. The molecule has 0 unspecified atom stereocenters. The Balaban J connectivity index is 2.25. The molecule has 0 aliphatic heterocycles. The molecule has 1 heterocycles. The van der Waals surface area contributed by atoms with E-state index in [-0.39, 0.29) is 6.61 Å². The van der Waals surface area contributed by atoms with Crippen LogP contribution >= 0.6 is 11.3 Å². The second-order valence-electron chi connectivity index (χ2n) is 2.32. The third-order valence-electron chi connectivity index (χ3n) is 1.36. The Kier molecular flexibility index (Phi) is 4.31. The molecule has 0 atom stereocenters. The lowest BCUT2D eigenvalue weighted by molar-refractivity contribution is 0.216. The van der Waals surface area contributed by atoms with Gasteiger partial charge in [0.2, 0.25) is 0 Å². The molecule has 2 N–H and O–H groups in total.